The van der Waals surface area contributed by atoms with Gasteiger partial charge in [0.05, 0.1) is 12.6 Å². The lowest BCUT2D eigenvalue weighted by Gasteiger charge is -2.32. The molecule has 31 heavy (non-hydrogen) atoms. The Hall–Kier alpha value is -1.07. The Labute approximate surface area is 200 Å². The number of hydrogen-bond donors (Lipinski definition) is 2. The van der Waals surface area contributed by atoms with E-state index in [0.717, 1.165) is 51.3 Å². The lowest BCUT2D eigenvalue weighted by atomic mass is 9.93. The maximum atomic E-state index is 12.5. The Kier molecular flexibility index (Phi) is 10.8. The molecular weight excluding hydrogens is 520 g/mol. The van der Waals surface area contributed by atoms with Gasteiger partial charge in [0.25, 0.3) is 0 Å². The van der Waals surface area contributed by atoms with E-state index in [2.05, 4.69) is 27.8 Å². The highest BCUT2D eigenvalue weighted by atomic mass is 127. The summed E-state index contributed by atoms with van der Waals surface area (Å²) in [4.78, 5) is 5.81. The maximum absolute atomic E-state index is 12.5. The number of likely N-dealkylation sites (tertiary alicyclic amines) is 1. The van der Waals surface area contributed by atoms with Crippen LogP contribution in [0.2, 0.25) is 0 Å². The number of halogens is 4. The molecule has 2 aliphatic rings. The molecule has 9 heteroatoms. The van der Waals surface area contributed by atoms with Gasteiger partial charge >= 0.3 is 6.18 Å². The third kappa shape index (κ3) is 8.76. The monoisotopic (exact) mass is 554 g/mol. The summed E-state index contributed by atoms with van der Waals surface area (Å²) < 4.78 is 43.4. The minimum Gasteiger partial charge on any atom is -0.373 e. The molecule has 2 N–H and O–H groups in total. The van der Waals surface area contributed by atoms with E-state index in [-0.39, 0.29) is 30.1 Å². The van der Waals surface area contributed by atoms with Crippen molar-refractivity contribution in [3.05, 3.63) is 35.9 Å². The lowest BCUT2D eigenvalue weighted by molar-refractivity contribution is -0.148. The predicted octanol–water partition coefficient (Wildman–Crippen LogP) is 4.21. The minimum absolute atomic E-state index is 0. The van der Waals surface area contributed by atoms with Gasteiger partial charge in [-0.25, -0.2) is 0 Å². The SMILES string of the molecule is CN=C(NCCC1CCN(CC(F)(F)F)CC1)NCC1CCOC1c1ccccc1.I. The number of guanidine groups is 1. The molecule has 1 aromatic rings. The van der Waals surface area contributed by atoms with E-state index in [1.54, 1.807) is 7.05 Å². The van der Waals surface area contributed by atoms with Crippen molar-refractivity contribution < 1.29 is 17.9 Å². The van der Waals surface area contributed by atoms with Crippen molar-refractivity contribution in [2.75, 3.05) is 46.4 Å². The van der Waals surface area contributed by atoms with Gasteiger partial charge in [-0.15, -0.1) is 24.0 Å². The Morgan fingerprint density at radius 3 is 2.48 bits per heavy atom. The zero-order valence-electron chi connectivity index (χ0n) is 18.0. The first-order chi connectivity index (χ1) is 14.4. The molecule has 2 fully saturated rings. The second kappa shape index (κ2) is 12.8. The molecule has 0 aliphatic carbocycles. The minimum atomic E-state index is -4.10. The fraction of sp³-hybridized carbons (Fsp3) is 0.682. The zero-order chi connectivity index (χ0) is 21.4. The van der Waals surface area contributed by atoms with Crippen LogP contribution in [0.15, 0.2) is 35.3 Å². The van der Waals surface area contributed by atoms with Crippen LogP contribution in [0.5, 0.6) is 0 Å². The number of ether oxygens (including phenoxy) is 1. The van der Waals surface area contributed by atoms with E-state index < -0.39 is 12.7 Å². The van der Waals surface area contributed by atoms with Gasteiger partial charge in [0, 0.05) is 32.7 Å². The highest BCUT2D eigenvalue weighted by Crippen LogP contribution is 2.33. The molecule has 0 saturated carbocycles. The molecule has 0 spiro atoms. The van der Waals surface area contributed by atoms with Crippen molar-refractivity contribution in [2.24, 2.45) is 16.8 Å². The second-order valence-corrected chi connectivity index (χ2v) is 8.25. The molecule has 0 radical (unpaired) electrons. The number of alkyl halides is 3. The van der Waals surface area contributed by atoms with E-state index >= 15 is 0 Å². The molecule has 3 rings (SSSR count). The summed E-state index contributed by atoms with van der Waals surface area (Å²) in [5, 5.41) is 6.76. The summed E-state index contributed by atoms with van der Waals surface area (Å²) in [7, 11) is 1.75. The van der Waals surface area contributed by atoms with Crippen LogP contribution in [0.3, 0.4) is 0 Å². The van der Waals surface area contributed by atoms with Crippen LogP contribution in [0.25, 0.3) is 0 Å². The molecule has 0 amide bonds. The highest BCUT2D eigenvalue weighted by molar-refractivity contribution is 14.0. The normalized spacial score (nSPS) is 23.4. The highest BCUT2D eigenvalue weighted by Gasteiger charge is 2.32. The van der Waals surface area contributed by atoms with Gasteiger partial charge in [-0.2, -0.15) is 13.2 Å². The number of rotatable bonds is 7. The van der Waals surface area contributed by atoms with E-state index in [1.807, 2.05) is 18.2 Å². The molecule has 2 aliphatic heterocycles. The van der Waals surface area contributed by atoms with Crippen LogP contribution in [-0.2, 0) is 4.74 Å². The van der Waals surface area contributed by atoms with Gasteiger partial charge in [-0.3, -0.25) is 9.89 Å². The molecule has 2 heterocycles. The summed E-state index contributed by atoms with van der Waals surface area (Å²) in [6.07, 6.45) is -0.390. The summed E-state index contributed by atoms with van der Waals surface area (Å²) in [5.41, 5.74) is 1.21. The van der Waals surface area contributed by atoms with Crippen molar-refractivity contribution in [3.63, 3.8) is 0 Å². The van der Waals surface area contributed by atoms with Crippen molar-refractivity contribution in [3.8, 4) is 0 Å². The van der Waals surface area contributed by atoms with Crippen LogP contribution < -0.4 is 10.6 Å². The fourth-order valence-electron chi connectivity index (χ4n) is 4.38. The molecule has 0 aromatic heterocycles. The first-order valence-electron chi connectivity index (χ1n) is 10.8. The smallest absolute Gasteiger partial charge is 0.373 e. The van der Waals surface area contributed by atoms with E-state index in [4.69, 9.17) is 4.74 Å². The Bertz CT molecular complexity index is 666. The van der Waals surface area contributed by atoms with Gasteiger partial charge in [-0.05, 0) is 50.3 Å². The number of nitrogens with one attached hydrogen (secondary N) is 2. The first kappa shape index (κ1) is 26.2. The molecule has 2 atom stereocenters. The quantitative estimate of drug-likeness (QED) is 0.301. The summed E-state index contributed by atoms with van der Waals surface area (Å²) in [6.45, 7) is 2.59. The second-order valence-electron chi connectivity index (χ2n) is 8.25. The molecule has 5 nitrogen and oxygen atoms in total. The van der Waals surface area contributed by atoms with E-state index in [1.165, 1.54) is 10.5 Å². The van der Waals surface area contributed by atoms with Crippen LogP contribution >= 0.6 is 24.0 Å². The number of benzene rings is 1. The zero-order valence-corrected chi connectivity index (χ0v) is 20.4. The van der Waals surface area contributed by atoms with Crippen LogP contribution in [0.4, 0.5) is 13.2 Å². The fourth-order valence-corrected chi connectivity index (χ4v) is 4.38. The number of aliphatic imine (C=N–C) groups is 1. The molecule has 2 saturated heterocycles. The third-order valence-corrected chi connectivity index (χ3v) is 6.05. The summed E-state index contributed by atoms with van der Waals surface area (Å²) in [5.74, 6) is 1.62. The van der Waals surface area contributed by atoms with Crippen LogP contribution in [0.1, 0.15) is 37.4 Å². The summed E-state index contributed by atoms with van der Waals surface area (Å²) in [6, 6.07) is 10.3. The Morgan fingerprint density at radius 1 is 1.13 bits per heavy atom. The molecule has 1 aromatic carbocycles. The summed E-state index contributed by atoms with van der Waals surface area (Å²) >= 11 is 0. The Balaban J connectivity index is 0.00000341. The third-order valence-electron chi connectivity index (χ3n) is 6.05. The molecule has 0 bridgehead atoms. The van der Waals surface area contributed by atoms with Gasteiger partial charge in [-0.1, -0.05) is 30.3 Å². The van der Waals surface area contributed by atoms with E-state index in [9.17, 15) is 13.2 Å². The molecule has 176 valence electrons. The maximum Gasteiger partial charge on any atom is 0.401 e. The topological polar surface area (TPSA) is 48.9 Å². The largest absolute Gasteiger partial charge is 0.401 e. The van der Waals surface area contributed by atoms with Gasteiger partial charge < -0.3 is 15.4 Å². The average Bonchev–Trinajstić information content (AvgIpc) is 3.20. The average molecular weight is 554 g/mol. The lowest BCUT2D eigenvalue weighted by Crippen LogP contribution is -2.42. The standard InChI is InChI=1S/C22H33F3N4O.HI/c1-26-21(27-11-7-17-8-12-29(13-9-17)16-22(23,24)25)28-15-19-10-14-30-20(19)18-5-3-2-4-6-18;/h2-6,17,19-20H,7-16H2,1H3,(H2,26,27,28);1H. The first-order valence-corrected chi connectivity index (χ1v) is 10.8. The van der Waals surface area contributed by atoms with Crippen molar-refractivity contribution >= 4 is 29.9 Å². The van der Waals surface area contributed by atoms with Gasteiger partial charge in [0.1, 0.15) is 0 Å². The number of hydrogen-bond acceptors (Lipinski definition) is 3. The van der Waals surface area contributed by atoms with Crippen molar-refractivity contribution in [2.45, 2.75) is 38.0 Å². The number of nitrogens with zero attached hydrogens (tertiary/aromatic N) is 2. The Morgan fingerprint density at radius 2 is 1.84 bits per heavy atom. The molecule has 2 unspecified atom stereocenters. The van der Waals surface area contributed by atoms with Crippen LogP contribution in [0, 0.1) is 11.8 Å². The van der Waals surface area contributed by atoms with Gasteiger partial charge in [0.2, 0.25) is 0 Å². The van der Waals surface area contributed by atoms with Crippen LogP contribution in [-0.4, -0.2) is 63.4 Å². The van der Waals surface area contributed by atoms with Crippen molar-refractivity contribution in [1.29, 1.82) is 0 Å². The van der Waals surface area contributed by atoms with Crippen molar-refractivity contribution in [1.82, 2.24) is 15.5 Å². The van der Waals surface area contributed by atoms with E-state index in [0.29, 0.717) is 24.9 Å². The predicted molar refractivity (Wildman–Crippen MR) is 128 cm³/mol. The molecular formula is C22H34F3IN4O. The number of piperidine rings is 1. The van der Waals surface area contributed by atoms with Gasteiger partial charge in [0.15, 0.2) is 5.96 Å².